The molecule has 0 saturated heterocycles. The molecule has 0 N–H and O–H groups in total. The summed E-state index contributed by atoms with van der Waals surface area (Å²) in [5, 5.41) is 0. The summed E-state index contributed by atoms with van der Waals surface area (Å²) in [6, 6.07) is 52.7. The average Bonchev–Trinajstić information content (AvgIpc) is 3.63. The molecule has 214 valence electrons. The molecular formula is C40H34N4. The second-order valence-corrected chi connectivity index (χ2v) is 11.7. The van der Waals surface area contributed by atoms with E-state index in [2.05, 4.69) is 179 Å². The molecule has 0 bridgehead atoms. The molecule has 0 radical (unpaired) electrons. The molecule has 6 aromatic carbocycles. The lowest BCUT2D eigenvalue weighted by molar-refractivity contribution is 0.947. The molecule has 4 nitrogen and oxygen atoms in total. The summed E-state index contributed by atoms with van der Waals surface area (Å²) in [6.07, 6.45) is 0. The molecule has 0 atom stereocenters. The highest BCUT2D eigenvalue weighted by Gasteiger charge is 2.32. The smallest absolute Gasteiger partial charge is 0.100 e. The summed E-state index contributed by atoms with van der Waals surface area (Å²) in [6.45, 7) is 3.74. The third-order valence-corrected chi connectivity index (χ3v) is 8.83. The highest BCUT2D eigenvalue weighted by molar-refractivity contribution is 5.99. The molecular weight excluding hydrogens is 536 g/mol. The Balaban J connectivity index is 1.27. The molecule has 6 aromatic rings. The number of aryl methyl sites for hydroxylation is 1. The first-order valence-electron chi connectivity index (χ1n) is 15.2. The van der Waals surface area contributed by atoms with Gasteiger partial charge in [-0.3, -0.25) is 0 Å². The van der Waals surface area contributed by atoms with Crippen LogP contribution in [0.4, 0.5) is 39.8 Å². The van der Waals surface area contributed by atoms with Crippen LogP contribution in [-0.2, 0) is 0 Å². The molecule has 2 heterocycles. The van der Waals surface area contributed by atoms with Gasteiger partial charge >= 0.3 is 0 Å². The molecule has 0 spiro atoms. The zero-order valence-corrected chi connectivity index (χ0v) is 25.1. The van der Waals surface area contributed by atoms with Gasteiger partial charge in [0.15, 0.2) is 0 Å². The van der Waals surface area contributed by atoms with Gasteiger partial charge in [-0.2, -0.15) is 0 Å². The maximum absolute atomic E-state index is 2.51. The van der Waals surface area contributed by atoms with Crippen molar-refractivity contribution >= 4 is 39.8 Å². The lowest BCUT2D eigenvalue weighted by Crippen LogP contribution is -2.26. The van der Waals surface area contributed by atoms with Gasteiger partial charge in [0.05, 0.1) is 35.1 Å². The topological polar surface area (TPSA) is 13.0 Å². The van der Waals surface area contributed by atoms with Crippen molar-refractivity contribution in [1.29, 1.82) is 0 Å². The van der Waals surface area contributed by atoms with E-state index in [0.717, 1.165) is 6.67 Å². The van der Waals surface area contributed by atoms with Crippen LogP contribution in [0.3, 0.4) is 0 Å². The van der Waals surface area contributed by atoms with E-state index < -0.39 is 0 Å². The largest absolute Gasteiger partial charge is 0.355 e. The second kappa shape index (κ2) is 10.7. The summed E-state index contributed by atoms with van der Waals surface area (Å²) in [7, 11) is 2.16. The Hall–Kier alpha value is -5.48. The Morgan fingerprint density at radius 2 is 0.886 bits per heavy atom. The van der Waals surface area contributed by atoms with E-state index in [9.17, 15) is 0 Å². The standard InChI is InChI=1S/C40H34N4/c1-29-24-34(30-14-5-3-6-15-30)40(35(25-29)31-16-7-4-8-17-31)44-28-43(38-22-11-12-23-39(38)44)33-19-13-18-32(26-33)42-27-41(2)36-20-9-10-21-37(36)42/h3-26H,27-28H2,1-2H3. The lowest BCUT2D eigenvalue weighted by atomic mass is 9.92. The second-order valence-electron chi connectivity index (χ2n) is 11.7. The van der Waals surface area contributed by atoms with Crippen molar-refractivity contribution in [2.45, 2.75) is 6.92 Å². The maximum atomic E-state index is 2.51. The lowest BCUT2D eigenvalue weighted by Gasteiger charge is -2.28. The van der Waals surface area contributed by atoms with E-state index in [4.69, 9.17) is 0 Å². The van der Waals surface area contributed by atoms with Gasteiger partial charge in [-0.05, 0) is 78.2 Å². The van der Waals surface area contributed by atoms with Crippen LogP contribution < -0.4 is 19.6 Å². The van der Waals surface area contributed by atoms with Crippen molar-refractivity contribution in [1.82, 2.24) is 0 Å². The summed E-state index contributed by atoms with van der Waals surface area (Å²) >= 11 is 0. The summed E-state index contributed by atoms with van der Waals surface area (Å²) in [4.78, 5) is 9.67. The fourth-order valence-electron chi connectivity index (χ4n) is 6.80. The van der Waals surface area contributed by atoms with Gasteiger partial charge in [-0.15, -0.1) is 0 Å². The summed E-state index contributed by atoms with van der Waals surface area (Å²) in [5.41, 5.74) is 14.7. The molecule has 0 aliphatic carbocycles. The van der Waals surface area contributed by atoms with E-state index in [1.165, 1.54) is 67.6 Å². The number of rotatable bonds is 5. The molecule has 0 unspecified atom stereocenters. The monoisotopic (exact) mass is 570 g/mol. The van der Waals surface area contributed by atoms with Crippen molar-refractivity contribution in [3.63, 3.8) is 0 Å². The molecule has 44 heavy (non-hydrogen) atoms. The predicted molar refractivity (Wildman–Crippen MR) is 186 cm³/mol. The average molecular weight is 571 g/mol. The number of benzene rings is 6. The zero-order valence-electron chi connectivity index (χ0n) is 25.1. The fourth-order valence-corrected chi connectivity index (χ4v) is 6.80. The Bertz CT molecular complexity index is 1910. The van der Waals surface area contributed by atoms with E-state index in [1.807, 2.05) is 0 Å². The molecule has 0 fully saturated rings. The van der Waals surface area contributed by atoms with E-state index in [1.54, 1.807) is 0 Å². The Morgan fingerprint density at radius 3 is 1.45 bits per heavy atom. The number of hydrogen-bond donors (Lipinski definition) is 0. The van der Waals surface area contributed by atoms with Crippen LogP contribution in [-0.4, -0.2) is 20.4 Å². The number of nitrogens with zero attached hydrogens (tertiary/aromatic N) is 4. The Kier molecular flexibility index (Phi) is 6.34. The van der Waals surface area contributed by atoms with Gasteiger partial charge in [0.2, 0.25) is 0 Å². The van der Waals surface area contributed by atoms with Crippen molar-refractivity contribution in [3.8, 4) is 22.3 Å². The number of para-hydroxylation sites is 4. The summed E-state index contributed by atoms with van der Waals surface area (Å²) in [5.74, 6) is 0. The van der Waals surface area contributed by atoms with Crippen LogP contribution in [0, 0.1) is 6.92 Å². The minimum Gasteiger partial charge on any atom is -0.355 e. The Morgan fingerprint density at radius 1 is 0.432 bits per heavy atom. The van der Waals surface area contributed by atoms with Gasteiger partial charge < -0.3 is 19.6 Å². The van der Waals surface area contributed by atoms with Crippen molar-refractivity contribution in [3.05, 3.63) is 151 Å². The van der Waals surface area contributed by atoms with Gasteiger partial charge in [-0.1, -0.05) is 91.0 Å². The molecule has 2 aliphatic rings. The van der Waals surface area contributed by atoms with Crippen LogP contribution in [0.15, 0.2) is 146 Å². The van der Waals surface area contributed by atoms with Gasteiger partial charge in [0.1, 0.15) is 6.67 Å². The van der Waals surface area contributed by atoms with Crippen molar-refractivity contribution < 1.29 is 0 Å². The Labute approximate surface area is 259 Å². The van der Waals surface area contributed by atoms with Gasteiger partial charge in [-0.25, -0.2) is 0 Å². The van der Waals surface area contributed by atoms with Crippen molar-refractivity contribution in [2.24, 2.45) is 0 Å². The van der Waals surface area contributed by atoms with Crippen molar-refractivity contribution in [2.75, 3.05) is 40.0 Å². The fraction of sp³-hybridized carbons (Fsp3) is 0.100. The first kappa shape index (κ1) is 26.2. The van der Waals surface area contributed by atoms with Gasteiger partial charge in [0.25, 0.3) is 0 Å². The van der Waals surface area contributed by atoms with E-state index in [-0.39, 0.29) is 0 Å². The first-order valence-corrected chi connectivity index (χ1v) is 15.2. The maximum Gasteiger partial charge on any atom is 0.100 e. The SMILES string of the molecule is Cc1cc(-c2ccccc2)c(N2CN(c3cccc(N4CN(C)c5ccccc54)c3)c3ccccc32)c(-c2ccccc2)c1. The molecule has 2 aliphatic heterocycles. The molecule has 0 saturated carbocycles. The first-order chi connectivity index (χ1) is 21.7. The van der Waals surface area contributed by atoms with Crippen LogP contribution in [0.25, 0.3) is 22.3 Å². The van der Waals surface area contributed by atoms with Gasteiger partial charge in [0, 0.05) is 29.5 Å². The van der Waals surface area contributed by atoms with Crippen LogP contribution in [0.5, 0.6) is 0 Å². The highest BCUT2D eigenvalue weighted by atomic mass is 15.4. The minimum absolute atomic E-state index is 0.710. The minimum atomic E-state index is 0.710. The van der Waals surface area contributed by atoms with Crippen LogP contribution in [0.1, 0.15) is 5.56 Å². The third-order valence-electron chi connectivity index (χ3n) is 8.83. The van der Waals surface area contributed by atoms with E-state index in [0.29, 0.717) is 6.67 Å². The number of anilines is 7. The molecule has 0 amide bonds. The van der Waals surface area contributed by atoms with E-state index >= 15 is 0 Å². The molecule has 4 heteroatoms. The quantitative estimate of drug-likeness (QED) is 0.204. The highest BCUT2D eigenvalue weighted by Crippen LogP contribution is 2.51. The predicted octanol–water partition coefficient (Wildman–Crippen LogP) is 10.1. The summed E-state index contributed by atoms with van der Waals surface area (Å²) < 4.78 is 0. The zero-order chi connectivity index (χ0) is 29.6. The third kappa shape index (κ3) is 4.38. The number of fused-ring (bicyclic) bond motifs is 2. The molecule has 8 rings (SSSR count). The normalized spacial score (nSPS) is 13.8. The van der Waals surface area contributed by atoms with Crippen LogP contribution >= 0.6 is 0 Å². The van der Waals surface area contributed by atoms with Crippen LogP contribution in [0.2, 0.25) is 0 Å². The number of hydrogen-bond acceptors (Lipinski definition) is 4. The molecule has 0 aromatic heterocycles.